The smallest absolute Gasteiger partial charge is 0.243 e. The van der Waals surface area contributed by atoms with Gasteiger partial charge in [0.2, 0.25) is 22.7 Å². The van der Waals surface area contributed by atoms with Gasteiger partial charge in [-0.3, -0.25) is 4.79 Å². The number of fused-ring (bicyclic) bond motifs is 2. The Morgan fingerprint density at radius 2 is 1.82 bits per heavy atom. The molecule has 1 saturated heterocycles. The van der Waals surface area contributed by atoms with Gasteiger partial charge in [0.05, 0.1) is 4.90 Å². The third kappa shape index (κ3) is 4.56. The highest BCUT2D eigenvalue weighted by Crippen LogP contribution is 2.32. The molecule has 0 unspecified atom stereocenters. The van der Waals surface area contributed by atoms with Gasteiger partial charge >= 0.3 is 0 Å². The van der Waals surface area contributed by atoms with E-state index in [1.54, 1.807) is 16.4 Å². The fourth-order valence-electron chi connectivity index (χ4n) is 4.36. The summed E-state index contributed by atoms with van der Waals surface area (Å²) in [6.07, 6.45) is 4.88. The Morgan fingerprint density at radius 1 is 1.00 bits per heavy atom. The van der Waals surface area contributed by atoms with Crippen molar-refractivity contribution in [3.8, 4) is 11.5 Å². The summed E-state index contributed by atoms with van der Waals surface area (Å²) in [6.45, 7) is 2.54. The fourth-order valence-corrected chi connectivity index (χ4v) is 5.91. The predicted octanol–water partition coefficient (Wildman–Crippen LogP) is 3.25. The number of sulfonamides is 1. The van der Waals surface area contributed by atoms with Gasteiger partial charge in [0.1, 0.15) is 0 Å². The zero-order chi connectivity index (χ0) is 22.8. The second-order valence-electron chi connectivity index (χ2n) is 8.41. The molecule has 33 heavy (non-hydrogen) atoms. The lowest BCUT2D eigenvalue weighted by atomic mass is 10.2. The average molecular weight is 470 g/mol. The number of aromatic nitrogens is 1. The Bertz CT molecular complexity index is 1280. The molecule has 2 aliphatic rings. The number of benzene rings is 2. The first-order valence-electron chi connectivity index (χ1n) is 11.2. The summed E-state index contributed by atoms with van der Waals surface area (Å²) >= 11 is 0. The van der Waals surface area contributed by atoms with Gasteiger partial charge in [-0.05, 0) is 61.2 Å². The molecule has 0 radical (unpaired) electrons. The van der Waals surface area contributed by atoms with E-state index >= 15 is 0 Å². The number of amides is 1. The third-order valence-electron chi connectivity index (χ3n) is 6.17. The lowest BCUT2D eigenvalue weighted by molar-refractivity contribution is -0.121. The topological polar surface area (TPSA) is 89.9 Å². The number of carbonyl (C=O) groups excluding carboxylic acids is 1. The first kappa shape index (κ1) is 21.8. The van der Waals surface area contributed by atoms with Crippen LogP contribution in [-0.2, 0) is 27.9 Å². The van der Waals surface area contributed by atoms with Gasteiger partial charge in [-0.25, -0.2) is 8.42 Å². The highest BCUT2D eigenvalue weighted by molar-refractivity contribution is 7.89. The molecule has 0 saturated carbocycles. The average Bonchev–Trinajstić information content (AvgIpc) is 3.58. The summed E-state index contributed by atoms with van der Waals surface area (Å²) in [6, 6.07) is 12.9. The second kappa shape index (κ2) is 9.07. The Morgan fingerprint density at radius 3 is 2.67 bits per heavy atom. The summed E-state index contributed by atoms with van der Waals surface area (Å²) < 4.78 is 39.9. The van der Waals surface area contributed by atoms with Crippen LogP contribution in [-0.4, -0.2) is 43.1 Å². The van der Waals surface area contributed by atoms with E-state index in [4.69, 9.17) is 9.47 Å². The van der Waals surface area contributed by atoms with Crippen molar-refractivity contribution in [3.05, 3.63) is 54.2 Å². The SMILES string of the molecule is O=C(CCCn1ccc2cc(S(=O)(=O)N3CCCC3)ccc21)NCc1ccc2c(c1)OCO2. The molecule has 0 aliphatic carbocycles. The van der Waals surface area contributed by atoms with E-state index in [-0.39, 0.29) is 12.7 Å². The van der Waals surface area contributed by atoms with Gasteiger partial charge < -0.3 is 19.4 Å². The number of rotatable bonds is 8. The van der Waals surface area contributed by atoms with Gasteiger partial charge in [-0.15, -0.1) is 0 Å². The minimum atomic E-state index is -3.43. The highest BCUT2D eigenvalue weighted by Gasteiger charge is 2.27. The van der Waals surface area contributed by atoms with E-state index < -0.39 is 10.0 Å². The maximum absolute atomic E-state index is 12.8. The van der Waals surface area contributed by atoms with Crippen molar-refractivity contribution < 1.29 is 22.7 Å². The molecule has 0 spiro atoms. The van der Waals surface area contributed by atoms with Gasteiger partial charge in [0.15, 0.2) is 11.5 Å². The van der Waals surface area contributed by atoms with Crippen LogP contribution in [0.2, 0.25) is 0 Å². The van der Waals surface area contributed by atoms with Crippen LogP contribution in [0.15, 0.2) is 53.6 Å². The van der Waals surface area contributed by atoms with Crippen molar-refractivity contribution in [1.82, 2.24) is 14.2 Å². The molecule has 1 aromatic heterocycles. The van der Waals surface area contributed by atoms with Crippen LogP contribution in [0.3, 0.4) is 0 Å². The molecule has 1 amide bonds. The van der Waals surface area contributed by atoms with Crippen LogP contribution in [0.5, 0.6) is 11.5 Å². The minimum absolute atomic E-state index is 0.0110. The molecule has 9 heteroatoms. The summed E-state index contributed by atoms with van der Waals surface area (Å²) in [5.74, 6) is 1.42. The molecular weight excluding hydrogens is 442 g/mol. The van der Waals surface area contributed by atoms with E-state index in [2.05, 4.69) is 9.88 Å². The lowest BCUT2D eigenvalue weighted by Crippen LogP contribution is -2.27. The second-order valence-corrected chi connectivity index (χ2v) is 10.3. The van der Waals surface area contributed by atoms with E-state index in [0.29, 0.717) is 49.7 Å². The number of hydrogen-bond acceptors (Lipinski definition) is 5. The number of ether oxygens (including phenoxy) is 2. The molecule has 2 aromatic carbocycles. The first-order chi connectivity index (χ1) is 16.0. The summed E-state index contributed by atoms with van der Waals surface area (Å²) in [5.41, 5.74) is 1.93. The van der Waals surface area contributed by atoms with E-state index in [1.807, 2.05) is 36.5 Å². The van der Waals surface area contributed by atoms with Gasteiger partial charge in [-0.1, -0.05) is 6.07 Å². The Kier molecular flexibility index (Phi) is 5.99. The molecule has 174 valence electrons. The standard InChI is InChI=1S/C24H27N3O5S/c28-24(25-16-18-5-8-22-23(14-18)32-17-31-22)4-3-10-26-13-9-19-15-20(6-7-21(19)26)33(29,30)27-11-1-2-12-27/h5-9,13-15H,1-4,10-12,16-17H2,(H,25,28). The van der Waals surface area contributed by atoms with Crippen molar-refractivity contribution in [1.29, 1.82) is 0 Å². The molecule has 1 N–H and O–H groups in total. The molecule has 2 aliphatic heterocycles. The van der Waals surface area contributed by atoms with Crippen molar-refractivity contribution in [2.45, 2.75) is 43.7 Å². The van der Waals surface area contributed by atoms with E-state index in [1.165, 1.54) is 0 Å². The predicted molar refractivity (Wildman–Crippen MR) is 124 cm³/mol. The third-order valence-corrected chi connectivity index (χ3v) is 8.07. The van der Waals surface area contributed by atoms with Crippen LogP contribution in [0.1, 0.15) is 31.2 Å². The highest BCUT2D eigenvalue weighted by atomic mass is 32.2. The van der Waals surface area contributed by atoms with E-state index in [9.17, 15) is 13.2 Å². The summed E-state index contributed by atoms with van der Waals surface area (Å²) in [5, 5.41) is 3.83. The number of nitrogens with one attached hydrogen (secondary N) is 1. The lowest BCUT2D eigenvalue weighted by Gasteiger charge is -2.15. The zero-order valence-electron chi connectivity index (χ0n) is 18.3. The Hall–Kier alpha value is -3.04. The summed E-state index contributed by atoms with van der Waals surface area (Å²) in [4.78, 5) is 12.6. The fraction of sp³-hybridized carbons (Fsp3) is 0.375. The van der Waals surface area contributed by atoms with Crippen molar-refractivity contribution >= 4 is 26.8 Å². The van der Waals surface area contributed by atoms with Crippen molar-refractivity contribution in [2.24, 2.45) is 0 Å². The molecule has 3 aromatic rings. The number of aryl methyl sites for hydroxylation is 1. The van der Waals surface area contributed by atoms with Gasteiger partial charge in [-0.2, -0.15) is 4.31 Å². The van der Waals surface area contributed by atoms with Crippen molar-refractivity contribution in [3.63, 3.8) is 0 Å². The maximum Gasteiger partial charge on any atom is 0.243 e. The maximum atomic E-state index is 12.8. The Labute approximate surface area is 193 Å². The van der Waals surface area contributed by atoms with Gasteiger partial charge in [0, 0.05) is 49.7 Å². The van der Waals surface area contributed by atoms with Crippen LogP contribution in [0, 0.1) is 0 Å². The van der Waals surface area contributed by atoms with Crippen LogP contribution >= 0.6 is 0 Å². The largest absolute Gasteiger partial charge is 0.454 e. The number of hydrogen-bond donors (Lipinski definition) is 1. The Balaban J connectivity index is 1.15. The van der Waals surface area contributed by atoms with Crippen LogP contribution in [0.25, 0.3) is 10.9 Å². The first-order valence-corrected chi connectivity index (χ1v) is 12.7. The van der Waals surface area contributed by atoms with Crippen LogP contribution < -0.4 is 14.8 Å². The molecule has 1 fully saturated rings. The monoisotopic (exact) mass is 469 g/mol. The normalized spacial score (nSPS) is 15.9. The molecule has 0 bridgehead atoms. The molecule has 3 heterocycles. The van der Waals surface area contributed by atoms with Crippen molar-refractivity contribution in [2.75, 3.05) is 19.9 Å². The molecule has 8 nitrogen and oxygen atoms in total. The molecule has 5 rings (SSSR count). The van der Waals surface area contributed by atoms with E-state index in [0.717, 1.165) is 35.1 Å². The minimum Gasteiger partial charge on any atom is -0.454 e. The zero-order valence-corrected chi connectivity index (χ0v) is 19.1. The molecular formula is C24H27N3O5S. The quantitative estimate of drug-likeness (QED) is 0.547. The number of nitrogens with zero attached hydrogens (tertiary/aromatic N) is 2. The molecule has 0 atom stereocenters. The number of carbonyl (C=O) groups is 1. The summed E-state index contributed by atoms with van der Waals surface area (Å²) in [7, 11) is -3.43. The van der Waals surface area contributed by atoms with Crippen LogP contribution in [0.4, 0.5) is 0 Å². The van der Waals surface area contributed by atoms with Gasteiger partial charge in [0.25, 0.3) is 0 Å².